The molecule has 0 atom stereocenters. The first-order chi connectivity index (χ1) is 8.31. The Morgan fingerprint density at radius 1 is 1.35 bits per heavy atom. The van der Waals surface area contributed by atoms with Crippen LogP contribution in [-0.2, 0) is 12.8 Å². The van der Waals surface area contributed by atoms with Gasteiger partial charge in [0.15, 0.2) is 0 Å². The number of fused-ring (bicyclic) bond motifs is 1. The molecular formula is C14H19NO2. The predicted octanol–water partition coefficient (Wildman–Crippen LogP) is 2.90. The van der Waals surface area contributed by atoms with Gasteiger partial charge in [0.05, 0.1) is 13.4 Å². The van der Waals surface area contributed by atoms with Crippen LogP contribution in [0.1, 0.15) is 24.5 Å². The molecule has 0 radical (unpaired) electrons. The lowest BCUT2D eigenvalue weighted by Crippen LogP contribution is -2.05. The summed E-state index contributed by atoms with van der Waals surface area (Å²) in [6.45, 7) is 2.78. The monoisotopic (exact) mass is 233 g/mol. The van der Waals surface area contributed by atoms with Gasteiger partial charge in [0.1, 0.15) is 11.3 Å². The molecular weight excluding hydrogens is 214 g/mol. The molecule has 0 saturated heterocycles. The van der Waals surface area contributed by atoms with Crippen LogP contribution < -0.4 is 10.5 Å². The van der Waals surface area contributed by atoms with E-state index >= 15 is 0 Å². The van der Waals surface area contributed by atoms with Crippen molar-refractivity contribution in [2.24, 2.45) is 5.73 Å². The molecule has 17 heavy (non-hydrogen) atoms. The zero-order chi connectivity index (χ0) is 12.3. The van der Waals surface area contributed by atoms with Crippen LogP contribution in [-0.4, -0.2) is 13.7 Å². The van der Waals surface area contributed by atoms with E-state index in [1.54, 1.807) is 13.4 Å². The lowest BCUT2D eigenvalue weighted by Gasteiger charge is -2.11. The molecule has 3 nitrogen and oxygen atoms in total. The number of hydrogen-bond donors (Lipinski definition) is 1. The molecule has 0 bridgehead atoms. The SMILES string of the molecule is CCCc1cc(OC)c(CCN)c2ccoc12. The fourth-order valence-corrected chi connectivity index (χ4v) is 2.28. The lowest BCUT2D eigenvalue weighted by molar-refractivity contribution is 0.410. The Labute approximate surface area is 102 Å². The quantitative estimate of drug-likeness (QED) is 0.863. The first kappa shape index (κ1) is 12.0. The average molecular weight is 233 g/mol. The maximum Gasteiger partial charge on any atom is 0.137 e. The molecule has 2 rings (SSSR count). The van der Waals surface area contributed by atoms with Gasteiger partial charge in [-0.2, -0.15) is 0 Å². The number of aryl methyl sites for hydroxylation is 1. The predicted molar refractivity (Wildman–Crippen MR) is 69.5 cm³/mol. The van der Waals surface area contributed by atoms with Crippen molar-refractivity contribution in [2.45, 2.75) is 26.2 Å². The Hall–Kier alpha value is -1.48. The van der Waals surface area contributed by atoms with Gasteiger partial charge >= 0.3 is 0 Å². The highest BCUT2D eigenvalue weighted by Gasteiger charge is 2.14. The standard InChI is InChI=1S/C14H19NO2/c1-3-4-10-9-13(16-2)11(5-7-15)12-6-8-17-14(10)12/h6,8-9H,3-5,7,15H2,1-2H3. The minimum absolute atomic E-state index is 0.615. The lowest BCUT2D eigenvalue weighted by atomic mass is 10.00. The van der Waals surface area contributed by atoms with Gasteiger partial charge in [0, 0.05) is 10.9 Å². The molecule has 0 saturated carbocycles. The fourth-order valence-electron chi connectivity index (χ4n) is 2.28. The van der Waals surface area contributed by atoms with E-state index in [1.807, 2.05) is 6.07 Å². The molecule has 92 valence electrons. The second-order valence-corrected chi connectivity index (χ2v) is 4.17. The molecule has 0 unspecified atom stereocenters. The van der Waals surface area contributed by atoms with Crippen LogP contribution in [0.15, 0.2) is 22.8 Å². The van der Waals surface area contributed by atoms with Crippen molar-refractivity contribution < 1.29 is 9.15 Å². The molecule has 0 aliphatic heterocycles. The van der Waals surface area contributed by atoms with E-state index in [1.165, 1.54) is 5.56 Å². The summed E-state index contributed by atoms with van der Waals surface area (Å²) in [4.78, 5) is 0. The Balaban J connectivity index is 2.63. The largest absolute Gasteiger partial charge is 0.496 e. The van der Waals surface area contributed by atoms with E-state index in [2.05, 4.69) is 13.0 Å². The summed E-state index contributed by atoms with van der Waals surface area (Å²) < 4.78 is 11.1. The summed E-state index contributed by atoms with van der Waals surface area (Å²) in [5, 5.41) is 1.14. The smallest absolute Gasteiger partial charge is 0.137 e. The molecule has 0 fully saturated rings. The Morgan fingerprint density at radius 3 is 2.82 bits per heavy atom. The van der Waals surface area contributed by atoms with E-state index in [4.69, 9.17) is 14.9 Å². The van der Waals surface area contributed by atoms with Gasteiger partial charge in [0.2, 0.25) is 0 Å². The minimum atomic E-state index is 0.615. The normalized spacial score (nSPS) is 11.0. The van der Waals surface area contributed by atoms with Crippen molar-refractivity contribution in [3.05, 3.63) is 29.5 Å². The van der Waals surface area contributed by atoms with Crippen molar-refractivity contribution in [3.63, 3.8) is 0 Å². The second-order valence-electron chi connectivity index (χ2n) is 4.17. The van der Waals surface area contributed by atoms with Gasteiger partial charge < -0.3 is 14.9 Å². The minimum Gasteiger partial charge on any atom is -0.496 e. The van der Waals surface area contributed by atoms with Crippen LogP contribution >= 0.6 is 0 Å². The first-order valence-corrected chi connectivity index (χ1v) is 6.07. The number of methoxy groups -OCH3 is 1. The van der Waals surface area contributed by atoms with Crippen LogP contribution in [0.4, 0.5) is 0 Å². The number of ether oxygens (including phenoxy) is 1. The summed E-state index contributed by atoms with van der Waals surface area (Å²) in [7, 11) is 1.71. The van der Waals surface area contributed by atoms with Crippen LogP contribution in [0.2, 0.25) is 0 Å². The van der Waals surface area contributed by atoms with Gasteiger partial charge in [0.25, 0.3) is 0 Å². The summed E-state index contributed by atoms with van der Waals surface area (Å²) in [6.07, 6.45) is 4.65. The zero-order valence-electron chi connectivity index (χ0n) is 10.5. The summed E-state index contributed by atoms with van der Waals surface area (Å²) >= 11 is 0. The Bertz CT molecular complexity index is 502. The fraction of sp³-hybridized carbons (Fsp3) is 0.429. The number of rotatable bonds is 5. The van der Waals surface area contributed by atoms with E-state index < -0.39 is 0 Å². The number of hydrogen-bond acceptors (Lipinski definition) is 3. The molecule has 2 N–H and O–H groups in total. The molecule has 1 aromatic carbocycles. The third-order valence-electron chi connectivity index (χ3n) is 3.02. The summed E-state index contributed by atoms with van der Waals surface area (Å²) in [5.41, 5.74) is 9.00. The molecule has 1 aromatic heterocycles. The van der Waals surface area contributed by atoms with Crippen molar-refractivity contribution >= 4 is 11.0 Å². The van der Waals surface area contributed by atoms with Crippen molar-refractivity contribution in [3.8, 4) is 5.75 Å². The van der Waals surface area contributed by atoms with Gasteiger partial charge in [-0.05, 0) is 37.1 Å². The van der Waals surface area contributed by atoms with E-state index in [9.17, 15) is 0 Å². The molecule has 0 amide bonds. The zero-order valence-corrected chi connectivity index (χ0v) is 10.5. The van der Waals surface area contributed by atoms with E-state index in [0.29, 0.717) is 6.54 Å². The van der Waals surface area contributed by atoms with Crippen LogP contribution in [0, 0.1) is 0 Å². The maximum absolute atomic E-state index is 5.65. The van der Waals surface area contributed by atoms with Crippen LogP contribution in [0.3, 0.4) is 0 Å². The highest BCUT2D eigenvalue weighted by Crippen LogP contribution is 2.33. The van der Waals surface area contributed by atoms with Crippen molar-refractivity contribution in [1.82, 2.24) is 0 Å². The first-order valence-electron chi connectivity index (χ1n) is 6.07. The van der Waals surface area contributed by atoms with Crippen LogP contribution in [0.25, 0.3) is 11.0 Å². The highest BCUT2D eigenvalue weighted by molar-refractivity contribution is 5.86. The van der Waals surface area contributed by atoms with Gasteiger partial charge in [-0.25, -0.2) is 0 Å². The third kappa shape index (κ3) is 2.15. The molecule has 0 aliphatic rings. The maximum atomic E-state index is 5.65. The summed E-state index contributed by atoms with van der Waals surface area (Å²) in [5.74, 6) is 0.924. The van der Waals surface area contributed by atoms with E-state index in [-0.39, 0.29) is 0 Å². The number of nitrogens with two attached hydrogens (primary N) is 1. The second kappa shape index (κ2) is 5.23. The topological polar surface area (TPSA) is 48.4 Å². The Kier molecular flexibility index (Phi) is 3.69. The van der Waals surface area contributed by atoms with Crippen LogP contribution in [0.5, 0.6) is 5.75 Å². The number of benzene rings is 1. The van der Waals surface area contributed by atoms with Crippen molar-refractivity contribution in [2.75, 3.05) is 13.7 Å². The summed E-state index contributed by atoms with van der Waals surface area (Å²) in [6, 6.07) is 4.09. The van der Waals surface area contributed by atoms with E-state index in [0.717, 1.165) is 41.5 Å². The highest BCUT2D eigenvalue weighted by atomic mass is 16.5. The van der Waals surface area contributed by atoms with Gasteiger partial charge in [-0.1, -0.05) is 13.3 Å². The van der Waals surface area contributed by atoms with Crippen molar-refractivity contribution in [1.29, 1.82) is 0 Å². The molecule has 3 heteroatoms. The molecule has 0 aliphatic carbocycles. The third-order valence-corrected chi connectivity index (χ3v) is 3.02. The average Bonchev–Trinajstić information content (AvgIpc) is 2.81. The van der Waals surface area contributed by atoms with Gasteiger partial charge in [-0.15, -0.1) is 0 Å². The molecule has 0 spiro atoms. The molecule has 2 aromatic rings. The van der Waals surface area contributed by atoms with Gasteiger partial charge in [-0.3, -0.25) is 0 Å². The molecule has 1 heterocycles. The number of furan rings is 1. The Morgan fingerprint density at radius 2 is 2.18 bits per heavy atom.